The lowest BCUT2D eigenvalue weighted by atomic mass is 10.0. The van der Waals surface area contributed by atoms with Gasteiger partial charge in [-0.2, -0.15) is 0 Å². The number of nitro groups is 1. The molecular formula is C29H19ClN4O5. The summed E-state index contributed by atoms with van der Waals surface area (Å²) in [6.45, 7) is 0. The van der Waals surface area contributed by atoms with Crippen LogP contribution in [0.2, 0.25) is 5.02 Å². The van der Waals surface area contributed by atoms with E-state index in [4.69, 9.17) is 16.3 Å². The van der Waals surface area contributed by atoms with Gasteiger partial charge in [0.1, 0.15) is 5.02 Å². The number of nitro benzene ring substituents is 1. The number of amides is 1. The zero-order chi connectivity index (χ0) is 27.4. The molecule has 3 aromatic carbocycles. The minimum absolute atomic E-state index is 0.0713. The maximum absolute atomic E-state index is 13.6. The molecule has 0 saturated carbocycles. The number of nitrogens with zero attached hydrogens (tertiary/aromatic N) is 3. The highest BCUT2D eigenvalue weighted by molar-refractivity contribution is 6.32. The largest absolute Gasteiger partial charge is 0.444 e. The molecule has 0 bridgehead atoms. The molecule has 1 N–H and O–H groups in total. The molecule has 5 rings (SSSR count). The van der Waals surface area contributed by atoms with Crippen LogP contribution in [0.3, 0.4) is 0 Å². The van der Waals surface area contributed by atoms with Gasteiger partial charge in [-0.15, -0.1) is 0 Å². The van der Waals surface area contributed by atoms with Crippen molar-refractivity contribution in [3.8, 4) is 11.3 Å². The van der Waals surface area contributed by atoms with Gasteiger partial charge in [0.2, 0.25) is 6.10 Å². The van der Waals surface area contributed by atoms with Gasteiger partial charge >= 0.3 is 5.97 Å². The van der Waals surface area contributed by atoms with Crippen LogP contribution < -0.4 is 5.32 Å². The van der Waals surface area contributed by atoms with E-state index in [2.05, 4.69) is 15.3 Å². The van der Waals surface area contributed by atoms with Gasteiger partial charge in [0.15, 0.2) is 0 Å². The number of esters is 1. The molecule has 0 radical (unpaired) electrons. The van der Waals surface area contributed by atoms with Gasteiger partial charge in [0.25, 0.3) is 11.6 Å². The first-order chi connectivity index (χ1) is 18.9. The highest BCUT2D eigenvalue weighted by Crippen LogP contribution is 2.30. The molecular weight excluding hydrogens is 520 g/mol. The van der Waals surface area contributed by atoms with Gasteiger partial charge in [-0.3, -0.25) is 19.9 Å². The number of fused-ring (bicyclic) bond motifs is 1. The molecule has 0 spiro atoms. The second kappa shape index (κ2) is 11.1. The van der Waals surface area contributed by atoms with Crippen molar-refractivity contribution in [2.75, 3.05) is 5.32 Å². The molecule has 39 heavy (non-hydrogen) atoms. The maximum Gasteiger partial charge on any atom is 0.340 e. The van der Waals surface area contributed by atoms with Gasteiger partial charge < -0.3 is 10.1 Å². The number of carbonyl (C=O) groups excluding carboxylic acids is 2. The third kappa shape index (κ3) is 5.58. The van der Waals surface area contributed by atoms with Crippen LogP contribution in [0.5, 0.6) is 0 Å². The quantitative estimate of drug-likeness (QED) is 0.144. The van der Waals surface area contributed by atoms with Gasteiger partial charge in [-0.05, 0) is 36.4 Å². The summed E-state index contributed by atoms with van der Waals surface area (Å²) in [5.41, 5.74) is 2.19. The topological polar surface area (TPSA) is 124 Å². The SMILES string of the molecule is O=C(OC(C(=O)Nc1ccc(Cl)c([N+](=O)[O-])c1)c1ccccc1)c1cc(-c2cccnc2)nc2ccccc12. The Labute approximate surface area is 227 Å². The summed E-state index contributed by atoms with van der Waals surface area (Å²) >= 11 is 5.89. The van der Waals surface area contributed by atoms with Crippen molar-refractivity contribution in [3.63, 3.8) is 0 Å². The number of para-hydroxylation sites is 1. The first kappa shape index (κ1) is 25.5. The van der Waals surface area contributed by atoms with E-state index in [0.29, 0.717) is 27.7 Å². The molecule has 1 amide bonds. The van der Waals surface area contributed by atoms with E-state index < -0.39 is 22.9 Å². The predicted molar refractivity (Wildman–Crippen MR) is 146 cm³/mol. The van der Waals surface area contributed by atoms with Crippen LogP contribution in [0.25, 0.3) is 22.2 Å². The van der Waals surface area contributed by atoms with Crippen molar-refractivity contribution in [1.29, 1.82) is 0 Å². The molecule has 9 nitrogen and oxygen atoms in total. The lowest BCUT2D eigenvalue weighted by Gasteiger charge is -2.19. The molecule has 10 heteroatoms. The van der Waals surface area contributed by atoms with E-state index in [9.17, 15) is 19.7 Å². The third-order valence-electron chi connectivity index (χ3n) is 5.87. The molecule has 0 aliphatic rings. The Morgan fingerprint density at radius 2 is 1.72 bits per heavy atom. The average Bonchev–Trinajstić information content (AvgIpc) is 2.97. The molecule has 2 heterocycles. The molecule has 0 aliphatic carbocycles. The van der Waals surface area contributed by atoms with Crippen molar-refractivity contribution in [2.24, 2.45) is 0 Å². The Morgan fingerprint density at radius 3 is 2.46 bits per heavy atom. The summed E-state index contributed by atoms with van der Waals surface area (Å²) in [5.74, 6) is -1.44. The molecule has 0 fully saturated rings. The Hall–Kier alpha value is -5.15. The Morgan fingerprint density at radius 1 is 0.949 bits per heavy atom. The number of carbonyl (C=O) groups is 2. The van der Waals surface area contributed by atoms with Gasteiger partial charge in [-0.25, -0.2) is 9.78 Å². The Kier molecular flexibility index (Phi) is 7.24. The number of hydrogen-bond acceptors (Lipinski definition) is 7. The Balaban J connectivity index is 1.51. The summed E-state index contributed by atoms with van der Waals surface area (Å²) in [6, 6.07) is 24.6. The smallest absolute Gasteiger partial charge is 0.340 e. The molecule has 1 unspecified atom stereocenters. The van der Waals surface area contributed by atoms with Crippen LogP contribution in [0, 0.1) is 10.1 Å². The van der Waals surface area contributed by atoms with Gasteiger partial charge in [0.05, 0.1) is 21.7 Å². The first-order valence-electron chi connectivity index (χ1n) is 11.7. The molecule has 1 atom stereocenters. The summed E-state index contributed by atoms with van der Waals surface area (Å²) < 4.78 is 5.80. The molecule has 0 aliphatic heterocycles. The predicted octanol–water partition coefficient (Wildman–Crippen LogP) is 6.40. The van der Waals surface area contributed by atoms with Crippen LogP contribution in [0.15, 0.2) is 103 Å². The Bertz CT molecular complexity index is 1700. The summed E-state index contributed by atoms with van der Waals surface area (Å²) in [5, 5.41) is 14.4. The summed E-state index contributed by atoms with van der Waals surface area (Å²) in [7, 11) is 0. The number of aromatic nitrogens is 2. The lowest BCUT2D eigenvalue weighted by Crippen LogP contribution is -2.26. The van der Waals surface area contributed by atoms with E-state index in [1.807, 2.05) is 12.1 Å². The number of benzene rings is 3. The summed E-state index contributed by atoms with van der Waals surface area (Å²) in [6.07, 6.45) is 1.91. The number of hydrogen-bond donors (Lipinski definition) is 1. The standard InChI is InChI=1S/C29H19ClN4O5/c30-23-13-12-20(15-26(23)34(37)38)32-28(35)27(18-7-2-1-3-8-18)39-29(36)22-16-25(19-9-6-14-31-17-19)33-24-11-5-4-10-21(22)24/h1-17,27H,(H,32,35). The van der Waals surface area contributed by atoms with Crippen molar-refractivity contribution >= 4 is 45.8 Å². The van der Waals surface area contributed by atoms with E-state index >= 15 is 0 Å². The number of ether oxygens (including phenoxy) is 1. The monoisotopic (exact) mass is 538 g/mol. The molecule has 2 aromatic heterocycles. The van der Waals surface area contributed by atoms with Crippen LogP contribution in [0.4, 0.5) is 11.4 Å². The number of anilines is 1. The number of rotatable bonds is 7. The lowest BCUT2D eigenvalue weighted by molar-refractivity contribution is -0.384. The van der Waals surface area contributed by atoms with E-state index in [-0.39, 0.29) is 22.0 Å². The zero-order valence-electron chi connectivity index (χ0n) is 20.2. The summed E-state index contributed by atoms with van der Waals surface area (Å²) in [4.78, 5) is 46.4. The minimum atomic E-state index is -1.36. The van der Waals surface area contributed by atoms with Crippen molar-refractivity contribution < 1.29 is 19.2 Å². The maximum atomic E-state index is 13.6. The molecule has 0 saturated heterocycles. The zero-order valence-corrected chi connectivity index (χ0v) is 20.9. The van der Waals surface area contributed by atoms with Crippen LogP contribution in [0.1, 0.15) is 22.0 Å². The highest BCUT2D eigenvalue weighted by Gasteiger charge is 2.28. The fourth-order valence-electron chi connectivity index (χ4n) is 4.02. The normalized spacial score (nSPS) is 11.5. The van der Waals surface area contributed by atoms with Gasteiger partial charge in [-0.1, -0.05) is 60.1 Å². The van der Waals surface area contributed by atoms with Gasteiger partial charge in [0, 0.05) is 40.7 Å². The first-order valence-corrected chi connectivity index (χ1v) is 12.1. The van der Waals surface area contributed by atoms with Crippen LogP contribution >= 0.6 is 11.6 Å². The van der Waals surface area contributed by atoms with Crippen LogP contribution in [-0.4, -0.2) is 26.8 Å². The number of halogens is 1. The third-order valence-corrected chi connectivity index (χ3v) is 6.19. The fraction of sp³-hybridized carbons (Fsp3) is 0.0345. The number of nitrogens with one attached hydrogen (secondary N) is 1. The second-order valence-electron chi connectivity index (χ2n) is 8.42. The highest BCUT2D eigenvalue weighted by atomic mass is 35.5. The van der Waals surface area contributed by atoms with Crippen molar-refractivity contribution in [1.82, 2.24) is 9.97 Å². The fourth-order valence-corrected chi connectivity index (χ4v) is 4.20. The van der Waals surface area contributed by atoms with E-state index in [1.54, 1.807) is 73.1 Å². The van der Waals surface area contributed by atoms with Crippen molar-refractivity contribution in [3.05, 3.63) is 130 Å². The van der Waals surface area contributed by atoms with E-state index in [0.717, 1.165) is 6.07 Å². The second-order valence-corrected chi connectivity index (χ2v) is 8.83. The van der Waals surface area contributed by atoms with Crippen LogP contribution in [-0.2, 0) is 9.53 Å². The van der Waals surface area contributed by atoms with Crippen molar-refractivity contribution in [2.45, 2.75) is 6.10 Å². The average molecular weight is 539 g/mol. The molecule has 192 valence electrons. The molecule has 5 aromatic rings. The minimum Gasteiger partial charge on any atom is -0.444 e. The number of pyridine rings is 2. The van der Waals surface area contributed by atoms with E-state index in [1.165, 1.54) is 12.1 Å².